The second-order valence-corrected chi connectivity index (χ2v) is 3.60. The fourth-order valence-corrected chi connectivity index (χ4v) is 1.69. The van der Waals surface area contributed by atoms with Gasteiger partial charge in [0.25, 0.3) is 0 Å². The van der Waals surface area contributed by atoms with Gasteiger partial charge in [-0.2, -0.15) is 0 Å². The molecule has 2 rings (SSSR count). The Balaban J connectivity index is 2.39. The van der Waals surface area contributed by atoms with E-state index in [9.17, 15) is 5.11 Å². The maximum atomic E-state index is 9.26. The SMILES string of the molecule is COCCc1nnc(CO)n1-c1ccccc1. The molecule has 17 heavy (non-hydrogen) atoms. The van der Waals surface area contributed by atoms with Gasteiger partial charge in [0.2, 0.25) is 0 Å². The largest absolute Gasteiger partial charge is 0.388 e. The van der Waals surface area contributed by atoms with Crippen molar-refractivity contribution in [2.24, 2.45) is 0 Å². The second-order valence-electron chi connectivity index (χ2n) is 3.60. The number of hydrogen-bond acceptors (Lipinski definition) is 4. The van der Waals surface area contributed by atoms with Gasteiger partial charge < -0.3 is 9.84 Å². The van der Waals surface area contributed by atoms with Gasteiger partial charge in [0.05, 0.1) is 6.61 Å². The molecule has 2 aromatic rings. The summed E-state index contributed by atoms with van der Waals surface area (Å²) in [6.07, 6.45) is 0.665. The van der Waals surface area contributed by atoms with Crippen molar-refractivity contribution in [1.29, 1.82) is 0 Å². The van der Waals surface area contributed by atoms with Crippen molar-refractivity contribution < 1.29 is 9.84 Å². The third-order valence-corrected chi connectivity index (χ3v) is 2.48. The zero-order valence-corrected chi connectivity index (χ0v) is 9.71. The van der Waals surface area contributed by atoms with Crippen molar-refractivity contribution in [3.63, 3.8) is 0 Å². The standard InChI is InChI=1S/C12H15N3O2/c1-17-8-7-11-13-14-12(9-16)15(11)10-5-3-2-4-6-10/h2-6,16H,7-9H2,1H3. The monoisotopic (exact) mass is 233 g/mol. The van der Waals surface area contributed by atoms with E-state index in [-0.39, 0.29) is 6.61 Å². The summed E-state index contributed by atoms with van der Waals surface area (Å²) in [5.41, 5.74) is 0.952. The zero-order valence-electron chi connectivity index (χ0n) is 9.71. The Hall–Kier alpha value is -1.72. The van der Waals surface area contributed by atoms with Crippen LogP contribution in [0, 0.1) is 0 Å². The number of rotatable bonds is 5. The molecule has 1 heterocycles. The Morgan fingerprint density at radius 1 is 1.18 bits per heavy atom. The minimum absolute atomic E-state index is 0.130. The van der Waals surface area contributed by atoms with E-state index in [1.165, 1.54) is 0 Å². The van der Waals surface area contributed by atoms with Crippen LogP contribution < -0.4 is 0 Å². The lowest BCUT2D eigenvalue weighted by atomic mass is 10.3. The molecule has 1 aromatic carbocycles. The maximum Gasteiger partial charge on any atom is 0.163 e. The van der Waals surface area contributed by atoms with Gasteiger partial charge in [-0.3, -0.25) is 4.57 Å². The summed E-state index contributed by atoms with van der Waals surface area (Å²) in [6.45, 7) is 0.450. The summed E-state index contributed by atoms with van der Waals surface area (Å²) in [4.78, 5) is 0. The highest BCUT2D eigenvalue weighted by atomic mass is 16.5. The third kappa shape index (κ3) is 2.51. The van der Waals surface area contributed by atoms with Gasteiger partial charge in [-0.1, -0.05) is 18.2 Å². The number of hydrogen-bond donors (Lipinski definition) is 1. The molecule has 0 atom stereocenters. The van der Waals surface area contributed by atoms with E-state index in [0.717, 1.165) is 11.5 Å². The number of ether oxygens (including phenoxy) is 1. The highest BCUT2D eigenvalue weighted by Gasteiger charge is 2.12. The predicted molar refractivity (Wildman–Crippen MR) is 62.9 cm³/mol. The summed E-state index contributed by atoms with van der Waals surface area (Å²) < 4.78 is 6.90. The Morgan fingerprint density at radius 2 is 1.88 bits per heavy atom. The molecule has 0 spiro atoms. The number of aliphatic hydroxyl groups is 1. The molecule has 5 heteroatoms. The molecule has 90 valence electrons. The number of methoxy groups -OCH3 is 1. The Kier molecular flexibility index (Phi) is 3.85. The summed E-state index contributed by atoms with van der Waals surface area (Å²) >= 11 is 0. The van der Waals surface area contributed by atoms with Gasteiger partial charge in [0.15, 0.2) is 5.82 Å². The van der Waals surface area contributed by atoms with Crippen LogP contribution in [0.4, 0.5) is 0 Å². The molecule has 0 fully saturated rings. The second kappa shape index (κ2) is 5.56. The van der Waals surface area contributed by atoms with E-state index in [1.54, 1.807) is 7.11 Å². The molecule has 0 amide bonds. The predicted octanol–water partition coefficient (Wildman–Crippen LogP) is 0.948. The van der Waals surface area contributed by atoms with Gasteiger partial charge >= 0.3 is 0 Å². The van der Waals surface area contributed by atoms with E-state index in [2.05, 4.69) is 10.2 Å². The molecule has 0 saturated carbocycles. The van der Waals surface area contributed by atoms with Crippen molar-refractivity contribution in [2.75, 3.05) is 13.7 Å². The fourth-order valence-electron chi connectivity index (χ4n) is 1.69. The highest BCUT2D eigenvalue weighted by Crippen LogP contribution is 2.13. The van der Waals surface area contributed by atoms with E-state index >= 15 is 0 Å². The molecular formula is C12H15N3O2. The van der Waals surface area contributed by atoms with Crippen LogP contribution in [0.5, 0.6) is 0 Å². The number of aromatic nitrogens is 3. The summed E-state index contributed by atoms with van der Waals surface area (Å²) in [6, 6.07) is 9.74. The van der Waals surface area contributed by atoms with Crippen LogP contribution >= 0.6 is 0 Å². The molecule has 1 N–H and O–H groups in total. The molecule has 0 radical (unpaired) electrons. The first-order chi connectivity index (χ1) is 8.36. The van der Waals surface area contributed by atoms with Gasteiger partial charge in [-0.25, -0.2) is 0 Å². The fraction of sp³-hybridized carbons (Fsp3) is 0.333. The first-order valence-electron chi connectivity index (χ1n) is 5.45. The number of benzene rings is 1. The Labute approximate surface area is 99.7 Å². The first kappa shape index (κ1) is 11.8. The Bertz CT molecular complexity index is 468. The normalized spacial score (nSPS) is 10.7. The van der Waals surface area contributed by atoms with Gasteiger partial charge in [-0.15, -0.1) is 10.2 Å². The third-order valence-electron chi connectivity index (χ3n) is 2.48. The average molecular weight is 233 g/mol. The van der Waals surface area contributed by atoms with E-state index < -0.39 is 0 Å². The minimum Gasteiger partial charge on any atom is -0.388 e. The molecule has 5 nitrogen and oxygen atoms in total. The molecule has 0 aliphatic heterocycles. The van der Waals surface area contributed by atoms with Crippen molar-refractivity contribution in [3.8, 4) is 5.69 Å². The lowest BCUT2D eigenvalue weighted by Gasteiger charge is -2.08. The minimum atomic E-state index is -0.130. The van der Waals surface area contributed by atoms with Crippen LogP contribution in [0.3, 0.4) is 0 Å². The number of para-hydroxylation sites is 1. The van der Waals surface area contributed by atoms with Crippen molar-refractivity contribution >= 4 is 0 Å². The van der Waals surface area contributed by atoms with Crippen LogP contribution in [0.15, 0.2) is 30.3 Å². The number of nitrogens with zero attached hydrogens (tertiary/aromatic N) is 3. The van der Waals surface area contributed by atoms with E-state index in [1.807, 2.05) is 34.9 Å². The summed E-state index contributed by atoms with van der Waals surface area (Å²) in [5, 5.41) is 17.3. The van der Waals surface area contributed by atoms with E-state index in [4.69, 9.17) is 4.74 Å². The molecule has 0 bridgehead atoms. The smallest absolute Gasteiger partial charge is 0.163 e. The van der Waals surface area contributed by atoms with Gasteiger partial charge in [0, 0.05) is 19.2 Å². The maximum absolute atomic E-state index is 9.26. The molecule has 0 aliphatic rings. The van der Waals surface area contributed by atoms with Crippen LogP contribution in [0.1, 0.15) is 11.6 Å². The van der Waals surface area contributed by atoms with Crippen LogP contribution in [-0.2, 0) is 17.8 Å². The van der Waals surface area contributed by atoms with Crippen LogP contribution in [0.25, 0.3) is 5.69 Å². The topological polar surface area (TPSA) is 60.2 Å². The molecule has 0 aliphatic carbocycles. The zero-order chi connectivity index (χ0) is 12.1. The summed E-state index contributed by atoms with van der Waals surface area (Å²) in [5.74, 6) is 1.34. The summed E-state index contributed by atoms with van der Waals surface area (Å²) in [7, 11) is 1.65. The molecular weight excluding hydrogens is 218 g/mol. The first-order valence-corrected chi connectivity index (χ1v) is 5.45. The van der Waals surface area contributed by atoms with Crippen LogP contribution in [-0.4, -0.2) is 33.6 Å². The van der Waals surface area contributed by atoms with Crippen molar-refractivity contribution in [3.05, 3.63) is 42.0 Å². The molecule has 1 aromatic heterocycles. The Morgan fingerprint density at radius 3 is 2.53 bits per heavy atom. The quantitative estimate of drug-likeness (QED) is 0.835. The van der Waals surface area contributed by atoms with Crippen molar-refractivity contribution in [2.45, 2.75) is 13.0 Å². The molecule has 0 saturated heterocycles. The molecule has 0 unspecified atom stereocenters. The average Bonchev–Trinajstić information content (AvgIpc) is 2.80. The number of aliphatic hydroxyl groups excluding tert-OH is 1. The van der Waals surface area contributed by atoms with Gasteiger partial charge in [-0.05, 0) is 12.1 Å². The highest BCUT2D eigenvalue weighted by molar-refractivity contribution is 5.33. The lowest BCUT2D eigenvalue weighted by molar-refractivity contribution is 0.200. The van der Waals surface area contributed by atoms with Crippen LogP contribution in [0.2, 0.25) is 0 Å². The van der Waals surface area contributed by atoms with E-state index in [0.29, 0.717) is 18.9 Å². The lowest BCUT2D eigenvalue weighted by Crippen LogP contribution is -2.07. The van der Waals surface area contributed by atoms with Gasteiger partial charge in [0.1, 0.15) is 12.4 Å². The van der Waals surface area contributed by atoms with Crippen molar-refractivity contribution in [1.82, 2.24) is 14.8 Å².